The Morgan fingerprint density at radius 1 is 1.65 bits per heavy atom. The second-order valence-electron chi connectivity index (χ2n) is 4.02. The van der Waals surface area contributed by atoms with Crippen molar-refractivity contribution < 1.29 is 14.2 Å². The molecule has 4 N–H and O–H groups in total. The maximum absolute atomic E-state index is 13.2. The quantitative estimate of drug-likeness (QED) is 0.670. The molecule has 0 fully saturated rings. The minimum absolute atomic E-state index is 0.0183. The Hall–Kier alpha value is -1.47. The molecule has 0 spiro atoms. The molecule has 17 heavy (non-hydrogen) atoms. The molecule has 1 heterocycles. The van der Waals surface area contributed by atoms with E-state index >= 15 is 0 Å². The second kappa shape index (κ2) is 5.74. The molecule has 0 amide bonds. The molecule has 96 valence electrons. The summed E-state index contributed by atoms with van der Waals surface area (Å²) >= 11 is 0. The maximum Gasteiger partial charge on any atom is 0.222 e. The van der Waals surface area contributed by atoms with E-state index in [2.05, 4.69) is 15.3 Å². The third kappa shape index (κ3) is 4.49. The van der Waals surface area contributed by atoms with E-state index in [-0.39, 0.29) is 18.3 Å². The molecular formula is C10H17FN4O2. The lowest BCUT2D eigenvalue weighted by Gasteiger charge is -2.23. The predicted octanol–water partition coefficient (Wildman–Crippen LogP) is 0.397. The number of aromatic nitrogens is 2. The first-order valence-electron chi connectivity index (χ1n) is 5.18. The first kappa shape index (κ1) is 13.6. The van der Waals surface area contributed by atoms with Crippen LogP contribution in [0.15, 0.2) is 6.20 Å². The molecule has 1 rings (SSSR count). The lowest BCUT2D eigenvalue weighted by atomic mass is 10.0. The van der Waals surface area contributed by atoms with Crippen LogP contribution < -0.4 is 11.1 Å². The number of anilines is 2. The standard InChI is InChI=1S/C10H17FN4O2/c1-10(16,3-4-17-2)6-14-8-7(11)5-13-9(12)15-8/h5,16H,3-4,6H2,1-2H3,(H3,12,13,14,15). The highest BCUT2D eigenvalue weighted by Crippen LogP contribution is 2.14. The van der Waals surface area contributed by atoms with Crippen LogP contribution >= 0.6 is 0 Å². The van der Waals surface area contributed by atoms with Crippen molar-refractivity contribution >= 4 is 11.8 Å². The van der Waals surface area contributed by atoms with Gasteiger partial charge >= 0.3 is 0 Å². The van der Waals surface area contributed by atoms with Crippen LogP contribution in [0.25, 0.3) is 0 Å². The number of aliphatic hydroxyl groups is 1. The van der Waals surface area contributed by atoms with Gasteiger partial charge in [-0.15, -0.1) is 0 Å². The van der Waals surface area contributed by atoms with Crippen LogP contribution in [-0.2, 0) is 4.74 Å². The smallest absolute Gasteiger partial charge is 0.222 e. The van der Waals surface area contributed by atoms with Gasteiger partial charge in [0.25, 0.3) is 0 Å². The fourth-order valence-electron chi connectivity index (χ4n) is 1.19. The number of hydrogen-bond acceptors (Lipinski definition) is 6. The van der Waals surface area contributed by atoms with E-state index in [1.165, 1.54) is 0 Å². The molecule has 0 saturated carbocycles. The van der Waals surface area contributed by atoms with E-state index in [4.69, 9.17) is 10.5 Å². The molecule has 1 aromatic rings. The van der Waals surface area contributed by atoms with Gasteiger partial charge in [-0.25, -0.2) is 9.37 Å². The lowest BCUT2D eigenvalue weighted by molar-refractivity contribution is 0.0356. The highest BCUT2D eigenvalue weighted by molar-refractivity contribution is 5.39. The molecule has 0 aliphatic heterocycles. The monoisotopic (exact) mass is 244 g/mol. The van der Waals surface area contributed by atoms with Crippen molar-refractivity contribution in [3.63, 3.8) is 0 Å². The third-order valence-corrected chi connectivity index (χ3v) is 2.24. The van der Waals surface area contributed by atoms with Crippen molar-refractivity contribution in [2.24, 2.45) is 0 Å². The van der Waals surface area contributed by atoms with Gasteiger partial charge in [0.2, 0.25) is 5.95 Å². The molecule has 6 nitrogen and oxygen atoms in total. The first-order valence-corrected chi connectivity index (χ1v) is 5.18. The number of ether oxygens (including phenoxy) is 1. The fourth-order valence-corrected chi connectivity index (χ4v) is 1.19. The Bertz CT molecular complexity index is 373. The highest BCUT2D eigenvalue weighted by atomic mass is 19.1. The Morgan fingerprint density at radius 2 is 2.35 bits per heavy atom. The van der Waals surface area contributed by atoms with Crippen molar-refractivity contribution in [3.8, 4) is 0 Å². The van der Waals surface area contributed by atoms with Gasteiger partial charge in [-0.2, -0.15) is 4.98 Å². The number of nitrogens with zero attached hydrogens (tertiary/aromatic N) is 2. The van der Waals surface area contributed by atoms with E-state index in [0.717, 1.165) is 6.20 Å². The molecule has 1 aromatic heterocycles. The van der Waals surface area contributed by atoms with Crippen molar-refractivity contribution in [2.75, 3.05) is 31.3 Å². The van der Waals surface area contributed by atoms with E-state index in [0.29, 0.717) is 13.0 Å². The molecule has 0 radical (unpaired) electrons. The number of halogens is 1. The first-order chi connectivity index (χ1) is 7.94. The Morgan fingerprint density at radius 3 is 3.00 bits per heavy atom. The van der Waals surface area contributed by atoms with Crippen molar-refractivity contribution in [1.82, 2.24) is 9.97 Å². The summed E-state index contributed by atoms with van der Waals surface area (Å²) < 4.78 is 18.1. The van der Waals surface area contributed by atoms with Gasteiger partial charge in [-0.05, 0) is 6.92 Å². The SMILES string of the molecule is COCCC(C)(O)CNc1nc(N)ncc1F. The number of hydrogen-bond donors (Lipinski definition) is 3. The minimum atomic E-state index is -1.01. The fraction of sp³-hybridized carbons (Fsp3) is 0.600. The zero-order valence-electron chi connectivity index (χ0n) is 9.90. The zero-order chi connectivity index (χ0) is 12.9. The molecule has 0 aliphatic carbocycles. The average Bonchev–Trinajstić information content (AvgIpc) is 2.28. The summed E-state index contributed by atoms with van der Waals surface area (Å²) in [6.45, 7) is 2.19. The van der Waals surface area contributed by atoms with Crippen LogP contribution in [0.4, 0.5) is 16.2 Å². The molecule has 1 unspecified atom stereocenters. The normalized spacial score (nSPS) is 14.4. The van der Waals surface area contributed by atoms with Crippen molar-refractivity contribution in [1.29, 1.82) is 0 Å². The lowest BCUT2D eigenvalue weighted by Crippen LogP contribution is -2.35. The number of rotatable bonds is 6. The summed E-state index contributed by atoms with van der Waals surface area (Å²) in [7, 11) is 1.55. The Kier molecular flexibility index (Phi) is 4.59. The van der Waals surface area contributed by atoms with Gasteiger partial charge in [0.05, 0.1) is 11.8 Å². The van der Waals surface area contributed by atoms with Crippen LogP contribution in [0.1, 0.15) is 13.3 Å². The molecule has 0 aliphatic rings. The number of nitrogen functional groups attached to an aromatic ring is 1. The van der Waals surface area contributed by atoms with E-state index < -0.39 is 11.4 Å². The highest BCUT2D eigenvalue weighted by Gasteiger charge is 2.20. The van der Waals surface area contributed by atoms with Crippen LogP contribution in [0.5, 0.6) is 0 Å². The summed E-state index contributed by atoms with van der Waals surface area (Å²) in [5.41, 5.74) is 4.32. The van der Waals surface area contributed by atoms with Gasteiger partial charge in [0, 0.05) is 26.7 Å². The van der Waals surface area contributed by atoms with Gasteiger partial charge < -0.3 is 20.9 Å². The summed E-state index contributed by atoms with van der Waals surface area (Å²) in [6, 6.07) is 0. The minimum Gasteiger partial charge on any atom is -0.388 e. The Balaban J connectivity index is 2.57. The van der Waals surface area contributed by atoms with Crippen LogP contribution in [0, 0.1) is 5.82 Å². The van der Waals surface area contributed by atoms with Gasteiger partial charge in [-0.1, -0.05) is 0 Å². The molecule has 0 saturated heterocycles. The predicted molar refractivity (Wildman–Crippen MR) is 62.0 cm³/mol. The van der Waals surface area contributed by atoms with Crippen LogP contribution in [0.3, 0.4) is 0 Å². The van der Waals surface area contributed by atoms with Gasteiger partial charge in [0.1, 0.15) is 0 Å². The third-order valence-electron chi connectivity index (χ3n) is 2.24. The zero-order valence-corrected chi connectivity index (χ0v) is 9.90. The Labute approximate surface area is 99.0 Å². The van der Waals surface area contributed by atoms with E-state index in [9.17, 15) is 9.50 Å². The van der Waals surface area contributed by atoms with Crippen LogP contribution in [0.2, 0.25) is 0 Å². The molecule has 7 heteroatoms. The van der Waals surface area contributed by atoms with Crippen LogP contribution in [-0.4, -0.2) is 40.9 Å². The number of nitrogens with two attached hydrogens (primary N) is 1. The largest absolute Gasteiger partial charge is 0.388 e. The molecule has 1 atom stereocenters. The summed E-state index contributed by atoms with van der Waals surface area (Å²) in [5.74, 6) is -0.651. The maximum atomic E-state index is 13.2. The average molecular weight is 244 g/mol. The number of methoxy groups -OCH3 is 1. The molecule has 0 aromatic carbocycles. The van der Waals surface area contributed by atoms with E-state index in [1.54, 1.807) is 14.0 Å². The molecule has 0 bridgehead atoms. The van der Waals surface area contributed by atoms with E-state index in [1.807, 2.05) is 0 Å². The van der Waals surface area contributed by atoms with Crippen molar-refractivity contribution in [3.05, 3.63) is 12.0 Å². The summed E-state index contributed by atoms with van der Waals surface area (Å²) in [5, 5.41) is 12.6. The molecular weight excluding hydrogens is 227 g/mol. The van der Waals surface area contributed by atoms with Gasteiger partial charge in [0.15, 0.2) is 11.6 Å². The summed E-state index contributed by atoms with van der Waals surface area (Å²) in [6.07, 6.45) is 1.41. The van der Waals surface area contributed by atoms with Gasteiger partial charge in [-0.3, -0.25) is 0 Å². The summed E-state index contributed by atoms with van der Waals surface area (Å²) in [4.78, 5) is 7.20. The second-order valence-corrected chi connectivity index (χ2v) is 4.02. The van der Waals surface area contributed by atoms with Crippen molar-refractivity contribution in [2.45, 2.75) is 18.9 Å². The number of nitrogens with one attached hydrogen (secondary N) is 1. The topological polar surface area (TPSA) is 93.3 Å².